The molecule has 0 aliphatic heterocycles. The Kier molecular flexibility index (Phi) is 3.16. The Labute approximate surface area is 94.6 Å². The van der Waals surface area contributed by atoms with Gasteiger partial charge in [0.15, 0.2) is 0 Å². The molecule has 15 heavy (non-hydrogen) atoms. The summed E-state index contributed by atoms with van der Waals surface area (Å²) in [6.07, 6.45) is -4.33. The van der Waals surface area contributed by atoms with E-state index in [-0.39, 0.29) is 0 Å². The van der Waals surface area contributed by atoms with E-state index in [1.54, 1.807) is 13.8 Å². The van der Waals surface area contributed by atoms with Crippen molar-refractivity contribution < 1.29 is 13.2 Å². The van der Waals surface area contributed by atoms with E-state index < -0.39 is 17.3 Å². The minimum atomic E-state index is -4.33. The maximum absolute atomic E-state index is 12.4. The number of hydrogen-bond donors (Lipinski definition) is 1. The lowest BCUT2D eigenvalue weighted by atomic mass is 9.94. The lowest BCUT2D eigenvalue weighted by Gasteiger charge is -2.22. The summed E-state index contributed by atoms with van der Waals surface area (Å²) in [6.45, 7) is 3.32. The highest BCUT2D eigenvalue weighted by Gasteiger charge is 2.32. The van der Waals surface area contributed by atoms with Gasteiger partial charge in [0.1, 0.15) is 0 Å². The number of benzene rings is 1. The number of hydrogen-bond acceptors (Lipinski definition) is 1. The molecule has 0 spiro atoms. The third kappa shape index (κ3) is 2.95. The number of nitrogens with two attached hydrogens (primary N) is 1. The van der Waals surface area contributed by atoms with Gasteiger partial charge in [-0.1, -0.05) is 15.9 Å². The van der Waals surface area contributed by atoms with Gasteiger partial charge in [0.2, 0.25) is 0 Å². The summed E-state index contributed by atoms with van der Waals surface area (Å²) in [4.78, 5) is 0. The van der Waals surface area contributed by atoms with E-state index in [4.69, 9.17) is 5.73 Å². The van der Waals surface area contributed by atoms with Crippen LogP contribution in [0.4, 0.5) is 13.2 Å². The van der Waals surface area contributed by atoms with Gasteiger partial charge in [-0.25, -0.2) is 0 Å². The zero-order chi connectivity index (χ0) is 11.9. The van der Waals surface area contributed by atoms with Crippen molar-refractivity contribution in [1.82, 2.24) is 0 Å². The summed E-state index contributed by atoms with van der Waals surface area (Å²) >= 11 is 3.19. The van der Waals surface area contributed by atoms with Gasteiger partial charge >= 0.3 is 6.18 Å². The first-order valence-electron chi connectivity index (χ1n) is 4.28. The zero-order valence-corrected chi connectivity index (χ0v) is 9.91. The van der Waals surface area contributed by atoms with Crippen molar-refractivity contribution >= 4 is 15.9 Å². The average Bonchev–Trinajstić information content (AvgIpc) is 2.00. The van der Waals surface area contributed by atoms with Crippen molar-refractivity contribution in [2.24, 2.45) is 5.73 Å². The molecule has 0 aliphatic carbocycles. The van der Waals surface area contributed by atoms with Crippen molar-refractivity contribution in [3.63, 3.8) is 0 Å². The number of rotatable bonds is 1. The summed E-state index contributed by atoms with van der Waals surface area (Å²) in [6, 6.07) is 3.47. The maximum atomic E-state index is 12.4. The smallest absolute Gasteiger partial charge is 0.322 e. The Bertz CT molecular complexity index is 366. The lowest BCUT2D eigenvalue weighted by Crippen LogP contribution is -2.29. The molecule has 1 aromatic carbocycles. The zero-order valence-electron chi connectivity index (χ0n) is 8.32. The monoisotopic (exact) mass is 281 g/mol. The second kappa shape index (κ2) is 3.79. The van der Waals surface area contributed by atoms with Crippen LogP contribution < -0.4 is 5.73 Å². The molecule has 0 fully saturated rings. The van der Waals surface area contributed by atoms with Crippen LogP contribution in [0, 0.1) is 0 Å². The second-order valence-electron chi connectivity index (χ2n) is 3.91. The van der Waals surface area contributed by atoms with Crippen molar-refractivity contribution in [3.05, 3.63) is 33.8 Å². The van der Waals surface area contributed by atoms with E-state index >= 15 is 0 Å². The highest BCUT2D eigenvalue weighted by Crippen LogP contribution is 2.34. The highest BCUT2D eigenvalue weighted by atomic mass is 79.9. The van der Waals surface area contributed by atoms with Gasteiger partial charge in [-0.05, 0) is 37.6 Å². The molecule has 0 aromatic heterocycles. The van der Waals surface area contributed by atoms with Crippen LogP contribution in [0.2, 0.25) is 0 Å². The normalized spacial score (nSPS) is 13.0. The minimum Gasteiger partial charge on any atom is -0.322 e. The third-order valence-electron chi connectivity index (χ3n) is 1.99. The quantitative estimate of drug-likeness (QED) is 0.835. The van der Waals surface area contributed by atoms with Gasteiger partial charge in [0.05, 0.1) is 5.56 Å². The Morgan fingerprint density at radius 2 is 1.73 bits per heavy atom. The average molecular weight is 282 g/mol. The van der Waals surface area contributed by atoms with Crippen LogP contribution in [-0.4, -0.2) is 0 Å². The minimum absolute atomic E-state index is 0.442. The first-order chi connectivity index (χ1) is 6.62. The summed E-state index contributed by atoms with van der Waals surface area (Å²) < 4.78 is 37.9. The van der Waals surface area contributed by atoms with Gasteiger partial charge in [0.25, 0.3) is 0 Å². The fraction of sp³-hybridized carbons (Fsp3) is 0.400. The number of alkyl halides is 3. The molecule has 0 atom stereocenters. The molecule has 1 rings (SSSR count). The van der Waals surface area contributed by atoms with Crippen molar-refractivity contribution in [2.45, 2.75) is 25.6 Å². The Hall–Kier alpha value is -0.550. The van der Waals surface area contributed by atoms with Crippen LogP contribution in [0.3, 0.4) is 0 Å². The highest BCUT2D eigenvalue weighted by molar-refractivity contribution is 9.10. The molecule has 5 heteroatoms. The molecule has 1 aromatic rings. The Morgan fingerprint density at radius 1 is 1.20 bits per heavy atom. The summed E-state index contributed by atoms with van der Waals surface area (Å²) in [7, 11) is 0. The molecule has 0 amide bonds. The van der Waals surface area contributed by atoms with E-state index in [1.807, 2.05) is 0 Å². The molecule has 0 aliphatic rings. The molecule has 2 N–H and O–H groups in total. The standard InChI is InChI=1S/C10H11BrF3N/c1-9(2,15)7-5-6(10(12,13)14)3-4-8(7)11/h3-5H,15H2,1-2H3. The Morgan fingerprint density at radius 3 is 2.13 bits per heavy atom. The first-order valence-corrected chi connectivity index (χ1v) is 5.08. The fourth-order valence-corrected chi connectivity index (χ4v) is 1.95. The van der Waals surface area contributed by atoms with Gasteiger partial charge < -0.3 is 5.73 Å². The van der Waals surface area contributed by atoms with Crippen LogP contribution in [0.25, 0.3) is 0 Å². The van der Waals surface area contributed by atoms with Crippen LogP contribution in [0.5, 0.6) is 0 Å². The van der Waals surface area contributed by atoms with Crippen LogP contribution in [0.1, 0.15) is 25.0 Å². The molecule has 0 radical (unpaired) electrons. The molecule has 0 saturated heterocycles. The maximum Gasteiger partial charge on any atom is 0.416 e. The Balaban J connectivity index is 3.30. The number of halogens is 4. The molecule has 84 valence electrons. The van der Waals surface area contributed by atoms with Gasteiger partial charge in [0, 0.05) is 10.0 Å². The summed E-state index contributed by atoms with van der Waals surface area (Å²) in [5, 5.41) is 0. The van der Waals surface area contributed by atoms with E-state index in [0.717, 1.165) is 12.1 Å². The summed E-state index contributed by atoms with van der Waals surface area (Å²) in [5.41, 5.74) is 4.73. The molecule has 1 nitrogen and oxygen atoms in total. The summed E-state index contributed by atoms with van der Waals surface area (Å²) in [5.74, 6) is 0. The van der Waals surface area contributed by atoms with E-state index in [0.29, 0.717) is 10.0 Å². The van der Waals surface area contributed by atoms with Crippen molar-refractivity contribution in [3.8, 4) is 0 Å². The molecule has 0 saturated carbocycles. The second-order valence-corrected chi connectivity index (χ2v) is 4.77. The van der Waals surface area contributed by atoms with Crippen molar-refractivity contribution in [2.75, 3.05) is 0 Å². The van der Waals surface area contributed by atoms with Crippen LogP contribution in [0.15, 0.2) is 22.7 Å². The molecule has 0 heterocycles. The largest absolute Gasteiger partial charge is 0.416 e. The third-order valence-corrected chi connectivity index (χ3v) is 2.68. The molecule has 0 bridgehead atoms. The topological polar surface area (TPSA) is 26.0 Å². The predicted molar refractivity (Wildman–Crippen MR) is 56.4 cm³/mol. The van der Waals surface area contributed by atoms with E-state index in [2.05, 4.69) is 15.9 Å². The van der Waals surface area contributed by atoms with Gasteiger partial charge in [-0.2, -0.15) is 13.2 Å². The molecule has 0 unspecified atom stereocenters. The fourth-order valence-electron chi connectivity index (χ4n) is 1.20. The van der Waals surface area contributed by atoms with Crippen LogP contribution in [-0.2, 0) is 11.7 Å². The molecular weight excluding hydrogens is 271 g/mol. The predicted octanol–water partition coefficient (Wildman–Crippen LogP) is 3.66. The first kappa shape index (κ1) is 12.5. The van der Waals surface area contributed by atoms with E-state index in [9.17, 15) is 13.2 Å². The SMILES string of the molecule is CC(C)(N)c1cc(C(F)(F)F)ccc1Br. The van der Waals surface area contributed by atoms with Crippen molar-refractivity contribution in [1.29, 1.82) is 0 Å². The van der Waals surface area contributed by atoms with Crippen LogP contribution >= 0.6 is 15.9 Å². The van der Waals surface area contributed by atoms with Gasteiger partial charge in [-0.15, -0.1) is 0 Å². The van der Waals surface area contributed by atoms with E-state index in [1.165, 1.54) is 6.07 Å². The lowest BCUT2D eigenvalue weighted by molar-refractivity contribution is -0.137. The molecular formula is C10H11BrF3N. The van der Waals surface area contributed by atoms with Gasteiger partial charge in [-0.3, -0.25) is 0 Å².